The van der Waals surface area contributed by atoms with Crippen molar-refractivity contribution in [2.45, 2.75) is 12.5 Å². The van der Waals surface area contributed by atoms with Gasteiger partial charge < -0.3 is 19.9 Å². The van der Waals surface area contributed by atoms with Crippen LogP contribution in [0.2, 0.25) is 0 Å². The normalized spacial score (nSPS) is 19.4. The van der Waals surface area contributed by atoms with E-state index < -0.39 is 0 Å². The summed E-state index contributed by atoms with van der Waals surface area (Å²) in [5.41, 5.74) is 1.54. The maximum atomic E-state index is 13.2. The number of hydrogen-bond acceptors (Lipinski definition) is 4. The molecule has 0 unspecified atom stereocenters. The van der Waals surface area contributed by atoms with E-state index in [9.17, 15) is 9.59 Å². The van der Waals surface area contributed by atoms with Gasteiger partial charge in [-0.3, -0.25) is 9.69 Å². The molecule has 7 heteroatoms. The van der Waals surface area contributed by atoms with E-state index in [4.69, 9.17) is 4.74 Å². The first-order valence-electron chi connectivity index (χ1n) is 12.4. The van der Waals surface area contributed by atoms with Crippen molar-refractivity contribution in [1.82, 2.24) is 14.7 Å². The summed E-state index contributed by atoms with van der Waals surface area (Å²) in [6, 6.07) is 23.5. The largest absolute Gasteiger partial charge is 0.373 e. The Balaban J connectivity index is 1.14. The van der Waals surface area contributed by atoms with Crippen molar-refractivity contribution in [3.05, 3.63) is 78.4 Å². The molecule has 0 spiro atoms. The second kappa shape index (κ2) is 10.9. The zero-order valence-corrected chi connectivity index (χ0v) is 19.9. The molecule has 0 aliphatic carbocycles. The zero-order valence-electron chi connectivity index (χ0n) is 19.9. The zero-order chi connectivity index (χ0) is 24.0. The Morgan fingerprint density at radius 3 is 2.49 bits per heavy atom. The van der Waals surface area contributed by atoms with E-state index in [-0.39, 0.29) is 18.0 Å². The van der Waals surface area contributed by atoms with Crippen molar-refractivity contribution in [3.63, 3.8) is 0 Å². The highest BCUT2D eigenvalue weighted by Gasteiger charge is 2.27. The van der Waals surface area contributed by atoms with Gasteiger partial charge in [0, 0.05) is 50.5 Å². The summed E-state index contributed by atoms with van der Waals surface area (Å²) in [7, 11) is 0. The lowest BCUT2D eigenvalue weighted by atomic mass is 10.1. The van der Waals surface area contributed by atoms with Crippen LogP contribution in [-0.2, 0) is 4.74 Å². The standard InChI is InChI=1S/C28H32N4O3/c33-27(24-12-11-22-7-4-5-8-23(22)19-24)31-14-6-13-30(15-16-31)20-26-21-32(17-18-35-26)28(34)29-25-9-2-1-3-10-25/h1-5,7-12,19,26H,6,13-18,20-21H2,(H,29,34)/t26-/m0/s1. The van der Waals surface area contributed by atoms with Crippen LogP contribution < -0.4 is 5.32 Å². The van der Waals surface area contributed by atoms with Gasteiger partial charge in [-0.25, -0.2) is 4.79 Å². The average Bonchev–Trinajstić information content (AvgIpc) is 3.14. The molecule has 1 atom stereocenters. The Hall–Kier alpha value is -3.42. The molecule has 35 heavy (non-hydrogen) atoms. The molecule has 3 aromatic carbocycles. The molecular formula is C28H32N4O3. The van der Waals surface area contributed by atoms with Crippen LogP contribution in [-0.4, -0.2) is 85.2 Å². The van der Waals surface area contributed by atoms with Crippen LogP contribution in [0.1, 0.15) is 16.8 Å². The molecule has 3 aromatic rings. The van der Waals surface area contributed by atoms with Crippen LogP contribution >= 0.6 is 0 Å². The summed E-state index contributed by atoms with van der Waals surface area (Å²) in [5, 5.41) is 5.20. The number of ether oxygens (including phenoxy) is 1. The molecule has 2 aliphatic heterocycles. The summed E-state index contributed by atoms with van der Waals surface area (Å²) in [5.74, 6) is 0.0928. The van der Waals surface area contributed by atoms with Gasteiger partial charge in [-0.05, 0) is 48.0 Å². The Bertz CT molecular complexity index is 1170. The smallest absolute Gasteiger partial charge is 0.322 e. The third kappa shape index (κ3) is 5.81. The van der Waals surface area contributed by atoms with Gasteiger partial charge in [-0.1, -0.05) is 48.5 Å². The first-order valence-corrected chi connectivity index (χ1v) is 12.4. The molecule has 182 valence electrons. The van der Waals surface area contributed by atoms with Crippen molar-refractivity contribution in [1.29, 1.82) is 0 Å². The number of rotatable bonds is 4. The van der Waals surface area contributed by atoms with E-state index in [1.165, 1.54) is 0 Å². The van der Waals surface area contributed by atoms with Crippen molar-refractivity contribution in [3.8, 4) is 0 Å². The fraction of sp³-hybridized carbons (Fsp3) is 0.357. The van der Waals surface area contributed by atoms with Crippen LogP contribution in [0.25, 0.3) is 10.8 Å². The Kier molecular flexibility index (Phi) is 7.25. The molecule has 2 saturated heterocycles. The van der Waals surface area contributed by atoms with Crippen molar-refractivity contribution < 1.29 is 14.3 Å². The minimum atomic E-state index is -0.0903. The Morgan fingerprint density at radius 1 is 0.829 bits per heavy atom. The summed E-state index contributed by atoms with van der Waals surface area (Å²) >= 11 is 0. The van der Waals surface area contributed by atoms with Crippen LogP contribution in [0.15, 0.2) is 72.8 Å². The van der Waals surface area contributed by atoms with Gasteiger partial charge in [-0.15, -0.1) is 0 Å². The van der Waals surface area contributed by atoms with Gasteiger partial charge >= 0.3 is 6.03 Å². The van der Waals surface area contributed by atoms with E-state index in [0.717, 1.165) is 54.6 Å². The molecule has 5 rings (SSSR count). The number of hydrogen-bond donors (Lipinski definition) is 1. The number of nitrogens with one attached hydrogen (secondary N) is 1. The van der Waals surface area contributed by atoms with E-state index in [1.807, 2.05) is 76.5 Å². The number of para-hydroxylation sites is 1. The van der Waals surface area contributed by atoms with Gasteiger partial charge in [0.2, 0.25) is 0 Å². The lowest BCUT2D eigenvalue weighted by Gasteiger charge is -2.35. The number of morpholine rings is 1. The first kappa shape index (κ1) is 23.3. The highest BCUT2D eigenvalue weighted by molar-refractivity contribution is 5.98. The lowest BCUT2D eigenvalue weighted by Crippen LogP contribution is -2.51. The number of nitrogens with zero attached hydrogens (tertiary/aromatic N) is 3. The Morgan fingerprint density at radius 2 is 1.63 bits per heavy atom. The highest BCUT2D eigenvalue weighted by atomic mass is 16.5. The molecule has 2 fully saturated rings. The number of fused-ring (bicyclic) bond motifs is 1. The van der Waals surface area contributed by atoms with E-state index in [2.05, 4.69) is 16.3 Å². The minimum Gasteiger partial charge on any atom is -0.373 e. The maximum Gasteiger partial charge on any atom is 0.322 e. The second-order valence-electron chi connectivity index (χ2n) is 9.24. The van der Waals surface area contributed by atoms with Crippen molar-refractivity contribution in [2.24, 2.45) is 0 Å². The number of carbonyl (C=O) groups is 2. The summed E-state index contributed by atoms with van der Waals surface area (Å²) in [6.45, 7) is 5.60. The number of carbonyl (C=O) groups excluding carboxylic acids is 2. The van der Waals surface area contributed by atoms with E-state index in [0.29, 0.717) is 26.2 Å². The quantitative estimate of drug-likeness (QED) is 0.625. The molecule has 2 heterocycles. The molecule has 0 saturated carbocycles. The van der Waals surface area contributed by atoms with E-state index in [1.54, 1.807) is 0 Å². The molecule has 0 aromatic heterocycles. The third-order valence-corrected chi connectivity index (χ3v) is 6.79. The molecule has 1 N–H and O–H groups in total. The molecule has 0 radical (unpaired) electrons. The van der Waals surface area contributed by atoms with Crippen molar-refractivity contribution in [2.75, 3.05) is 57.7 Å². The summed E-state index contributed by atoms with van der Waals surface area (Å²) < 4.78 is 5.99. The maximum absolute atomic E-state index is 13.2. The minimum absolute atomic E-state index is 0.0342. The predicted molar refractivity (Wildman–Crippen MR) is 138 cm³/mol. The molecule has 3 amide bonds. The average molecular weight is 473 g/mol. The number of amides is 3. The highest BCUT2D eigenvalue weighted by Crippen LogP contribution is 2.18. The predicted octanol–water partition coefficient (Wildman–Crippen LogP) is 3.92. The Labute approximate surface area is 206 Å². The lowest BCUT2D eigenvalue weighted by molar-refractivity contribution is -0.0283. The summed E-state index contributed by atoms with van der Waals surface area (Å²) in [6.07, 6.45) is 0.887. The van der Waals surface area contributed by atoms with Crippen LogP contribution in [0.4, 0.5) is 10.5 Å². The first-order chi connectivity index (χ1) is 17.2. The SMILES string of the molecule is O=C(Nc1ccccc1)N1CCO[C@@H](CN2CCCN(C(=O)c3ccc4ccccc4c3)CC2)C1. The monoisotopic (exact) mass is 472 g/mol. The second-order valence-corrected chi connectivity index (χ2v) is 9.24. The van der Waals surface area contributed by atoms with Gasteiger partial charge in [0.05, 0.1) is 12.7 Å². The van der Waals surface area contributed by atoms with Gasteiger partial charge in [-0.2, -0.15) is 0 Å². The van der Waals surface area contributed by atoms with Crippen LogP contribution in [0.3, 0.4) is 0 Å². The molecule has 7 nitrogen and oxygen atoms in total. The topological polar surface area (TPSA) is 65.1 Å². The molecule has 2 aliphatic rings. The third-order valence-electron chi connectivity index (χ3n) is 6.79. The van der Waals surface area contributed by atoms with Gasteiger partial charge in [0.15, 0.2) is 0 Å². The van der Waals surface area contributed by atoms with Gasteiger partial charge in [0.25, 0.3) is 5.91 Å². The van der Waals surface area contributed by atoms with Crippen molar-refractivity contribution >= 4 is 28.4 Å². The fourth-order valence-electron chi connectivity index (χ4n) is 4.89. The number of urea groups is 1. The van der Waals surface area contributed by atoms with Gasteiger partial charge in [0.1, 0.15) is 0 Å². The van der Waals surface area contributed by atoms with Crippen LogP contribution in [0, 0.1) is 0 Å². The van der Waals surface area contributed by atoms with E-state index >= 15 is 0 Å². The number of benzene rings is 3. The number of anilines is 1. The summed E-state index contributed by atoms with van der Waals surface area (Å²) in [4.78, 5) is 32.0. The fourth-order valence-corrected chi connectivity index (χ4v) is 4.89. The molecule has 0 bridgehead atoms. The van der Waals surface area contributed by atoms with Crippen LogP contribution in [0.5, 0.6) is 0 Å². The molecular weight excluding hydrogens is 440 g/mol.